The number of hydrogen-bond donors (Lipinski definition) is 2. The third-order valence-electron chi connectivity index (χ3n) is 1.39. The molecule has 88 valence electrons. The molecule has 0 saturated carbocycles. The van der Waals surface area contributed by atoms with Crippen LogP contribution >= 0.6 is 0 Å². The van der Waals surface area contributed by atoms with E-state index in [4.69, 9.17) is 10.2 Å². The summed E-state index contributed by atoms with van der Waals surface area (Å²) in [5.74, 6) is -2.46. The Morgan fingerprint density at radius 2 is 1.19 bits per heavy atom. The maximum atomic E-state index is 10.5. The van der Waals surface area contributed by atoms with Crippen LogP contribution in [0.5, 0.6) is 0 Å². The summed E-state index contributed by atoms with van der Waals surface area (Å²) in [5, 5.41) is 17.1. The smallest absolute Gasteiger partial charge is 0.379 e. The van der Waals surface area contributed by atoms with Crippen molar-refractivity contribution in [2.45, 2.75) is 6.68 Å². The van der Waals surface area contributed by atoms with Gasteiger partial charge in [0, 0.05) is 0 Å². The van der Waals surface area contributed by atoms with Crippen LogP contribution in [0.15, 0.2) is 24.3 Å². The molecule has 0 bridgehead atoms. The van der Waals surface area contributed by atoms with Crippen molar-refractivity contribution in [1.82, 2.24) is 0 Å². The monoisotopic (exact) mass is 236 g/mol. The van der Waals surface area contributed by atoms with Gasteiger partial charge in [0.05, 0.1) is 11.1 Å². The first-order valence-electron chi connectivity index (χ1n) is 3.84. The molecule has 1 rings (SSSR count). The summed E-state index contributed by atoms with van der Waals surface area (Å²) < 4.78 is 29.0. The van der Waals surface area contributed by atoms with Crippen LogP contribution in [-0.2, 0) is 0 Å². The minimum atomic E-state index is -3.67. The number of carboxylic acid groups (broad SMARTS) is 2. The summed E-state index contributed by atoms with van der Waals surface area (Å²) in [5.41, 5.74) is -0.380. The van der Waals surface area contributed by atoms with Gasteiger partial charge in [-0.25, -0.2) is 9.59 Å². The van der Waals surface area contributed by atoms with Crippen molar-refractivity contribution in [3.05, 3.63) is 35.4 Å². The lowest BCUT2D eigenvalue weighted by atomic mass is 10.1. The number of benzene rings is 1. The van der Waals surface area contributed by atoms with Crippen molar-refractivity contribution >= 4 is 11.9 Å². The SMILES string of the molecule is FC(F)F.O=C(O)c1ccccc1C(=O)O. The predicted molar refractivity (Wildman–Crippen MR) is 47.5 cm³/mol. The second kappa shape index (κ2) is 6.44. The largest absolute Gasteiger partial charge is 0.478 e. The van der Waals surface area contributed by atoms with Crippen LogP contribution in [0.2, 0.25) is 0 Å². The molecule has 0 heterocycles. The van der Waals surface area contributed by atoms with Crippen LogP contribution in [0.25, 0.3) is 0 Å². The summed E-state index contributed by atoms with van der Waals surface area (Å²) in [6.45, 7) is -3.67. The molecule has 4 nitrogen and oxygen atoms in total. The fraction of sp³-hybridized carbons (Fsp3) is 0.111. The third-order valence-corrected chi connectivity index (χ3v) is 1.39. The zero-order chi connectivity index (χ0) is 12.7. The number of halogens is 3. The maximum Gasteiger partial charge on any atom is 0.379 e. The maximum absolute atomic E-state index is 10.5. The molecule has 16 heavy (non-hydrogen) atoms. The lowest BCUT2D eigenvalue weighted by Gasteiger charge is -1.98. The molecular weight excluding hydrogens is 229 g/mol. The first kappa shape index (κ1) is 14.0. The van der Waals surface area contributed by atoms with Crippen LogP contribution < -0.4 is 0 Å². The van der Waals surface area contributed by atoms with Gasteiger partial charge in [0.2, 0.25) is 0 Å². The zero-order valence-electron chi connectivity index (χ0n) is 7.73. The number of hydrogen-bond acceptors (Lipinski definition) is 2. The molecule has 0 unspecified atom stereocenters. The van der Waals surface area contributed by atoms with Gasteiger partial charge in [-0.3, -0.25) is 0 Å². The summed E-state index contributed by atoms with van der Waals surface area (Å²) in [6.07, 6.45) is 0. The Balaban J connectivity index is 0.000000487. The average Bonchev–Trinajstić information content (AvgIpc) is 2.16. The highest BCUT2D eigenvalue weighted by Crippen LogP contribution is 2.07. The summed E-state index contributed by atoms with van der Waals surface area (Å²) in [6, 6.07) is 5.48. The highest BCUT2D eigenvalue weighted by atomic mass is 19.4. The number of carbonyl (C=O) groups is 2. The highest BCUT2D eigenvalue weighted by molar-refractivity contribution is 6.01. The predicted octanol–water partition coefficient (Wildman–Crippen LogP) is 2.26. The van der Waals surface area contributed by atoms with Gasteiger partial charge in [-0.05, 0) is 12.1 Å². The molecule has 7 heteroatoms. The fourth-order valence-corrected chi connectivity index (χ4v) is 0.856. The lowest BCUT2D eigenvalue weighted by molar-refractivity contribution is 0.00816. The van der Waals surface area contributed by atoms with Crippen molar-refractivity contribution < 1.29 is 33.0 Å². The quantitative estimate of drug-likeness (QED) is 0.825. The van der Waals surface area contributed by atoms with E-state index in [1.807, 2.05) is 0 Å². The van der Waals surface area contributed by atoms with E-state index in [0.717, 1.165) is 0 Å². The van der Waals surface area contributed by atoms with Gasteiger partial charge >= 0.3 is 18.6 Å². The van der Waals surface area contributed by atoms with E-state index in [2.05, 4.69) is 0 Å². The second-order valence-electron chi connectivity index (χ2n) is 2.40. The van der Waals surface area contributed by atoms with E-state index in [-0.39, 0.29) is 11.1 Å². The van der Waals surface area contributed by atoms with Gasteiger partial charge in [-0.1, -0.05) is 12.1 Å². The minimum Gasteiger partial charge on any atom is -0.478 e. The lowest BCUT2D eigenvalue weighted by Crippen LogP contribution is -2.06. The normalized spacial score (nSPS) is 9.25. The molecule has 0 radical (unpaired) electrons. The van der Waals surface area contributed by atoms with Crippen LogP contribution in [0.4, 0.5) is 13.2 Å². The average molecular weight is 236 g/mol. The van der Waals surface area contributed by atoms with E-state index in [1.54, 1.807) is 0 Å². The Kier molecular flexibility index (Phi) is 5.61. The van der Waals surface area contributed by atoms with Crippen molar-refractivity contribution in [3.63, 3.8) is 0 Å². The molecule has 0 saturated heterocycles. The van der Waals surface area contributed by atoms with Gasteiger partial charge in [0.25, 0.3) is 0 Å². The zero-order valence-corrected chi connectivity index (χ0v) is 7.73. The minimum absolute atomic E-state index is 0.190. The van der Waals surface area contributed by atoms with E-state index in [0.29, 0.717) is 0 Å². The van der Waals surface area contributed by atoms with Crippen LogP contribution in [0, 0.1) is 0 Å². The molecule has 0 aromatic heterocycles. The molecule has 0 aliphatic rings. The molecule has 0 aliphatic carbocycles. The van der Waals surface area contributed by atoms with Gasteiger partial charge in [-0.2, -0.15) is 13.2 Å². The van der Waals surface area contributed by atoms with Gasteiger partial charge in [-0.15, -0.1) is 0 Å². The Morgan fingerprint density at radius 1 is 0.938 bits per heavy atom. The summed E-state index contributed by atoms with van der Waals surface area (Å²) in [4.78, 5) is 20.9. The van der Waals surface area contributed by atoms with Crippen LogP contribution in [0.1, 0.15) is 20.7 Å². The molecule has 1 aromatic rings. The molecule has 2 N–H and O–H groups in total. The number of aromatic carboxylic acids is 2. The molecule has 0 aliphatic heterocycles. The third kappa shape index (κ3) is 4.99. The fourth-order valence-electron chi connectivity index (χ4n) is 0.856. The standard InChI is InChI=1S/C8H6O4.CHF3/c9-7(10)5-3-1-2-4-6(5)8(11)12;2-1(3)4/h1-4H,(H,9,10)(H,11,12);1H. The topological polar surface area (TPSA) is 74.6 Å². The van der Waals surface area contributed by atoms with Crippen molar-refractivity contribution in [1.29, 1.82) is 0 Å². The molecule has 1 aromatic carbocycles. The number of rotatable bonds is 2. The van der Waals surface area contributed by atoms with Gasteiger partial charge in [0.15, 0.2) is 0 Å². The number of carboxylic acids is 2. The molecule has 0 amide bonds. The van der Waals surface area contributed by atoms with Gasteiger partial charge in [0.1, 0.15) is 0 Å². The van der Waals surface area contributed by atoms with Crippen LogP contribution in [0.3, 0.4) is 0 Å². The van der Waals surface area contributed by atoms with Crippen molar-refractivity contribution in [2.75, 3.05) is 0 Å². The molecular formula is C9H7F3O4. The van der Waals surface area contributed by atoms with E-state index in [9.17, 15) is 22.8 Å². The molecule has 0 atom stereocenters. The van der Waals surface area contributed by atoms with E-state index < -0.39 is 18.6 Å². The highest BCUT2D eigenvalue weighted by Gasteiger charge is 2.13. The summed E-state index contributed by atoms with van der Waals surface area (Å²) >= 11 is 0. The molecule has 0 spiro atoms. The Morgan fingerprint density at radius 3 is 1.38 bits per heavy atom. The van der Waals surface area contributed by atoms with E-state index >= 15 is 0 Å². The van der Waals surface area contributed by atoms with Crippen LogP contribution in [-0.4, -0.2) is 28.8 Å². The van der Waals surface area contributed by atoms with Gasteiger partial charge < -0.3 is 10.2 Å². The Bertz CT molecular complexity index is 343. The van der Waals surface area contributed by atoms with Crippen molar-refractivity contribution in [2.24, 2.45) is 0 Å². The first-order valence-corrected chi connectivity index (χ1v) is 3.84. The Hall–Kier alpha value is -2.05. The number of alkyl halides is 3. The van der Waals surface area contributed by atoms with E-state index in [1.165, 1.54) is 24.3 Å². The summed E-state index contributed by atoms with van der Waals surface area (Å²) in [7, 11) is 0. The molecule has 0 fully saturated rings. The van der Waals surface area contributed by atoms with Crippen molar-refractivity contribution in [3.8, 4) is 0 Å². The Labute approximate surface area is 87.9 Å². The second-order valence-corrected chi connectivity index (χ2v) is 2.40. The first-order chi connectivity index (χ1) is 7.36.